The molecule has 120 valence electrons. The topological polar surface area (TPSA) is 76.1 Å². The average Bonchev–Trinajstić information content (AvgIpc) is 2.49. The largest absolute Gasteiger partial charge is 0.491 e. The van der Waals surface area contributed by atoms with E-state index >= 15 is 0 Å². The number of aliphatic carboxylic acids is 1. The first-order valence-corrected chi connectivity index (χ1v) is 7.05. The van der Waals surface area contributed by atoms with Crippen molar-refractivity contribution in [1.82, 2.24) is 4.90 Å². The molecule has 0 aliphatic carbocycles. The van der Waals surface area contributed by atoms with Gasteiger partial charge in [-0.25, -0.2) is 9.18 Å². The lowest BCUT2D eigenvalue weighted by Crippen LogP contribution is -2.48. The Morgan fingerprint density at radius 1 is 1.50 bits per heavy atom. The number of carboxylic acids is 1. The van der Waals surface area contributed by atoms with E-state index < -0.39 is 17.9 Å². The van der Waals surface area contributed by atoms with Crippen molar-refractivity contribution in [3.8, 4) is 5.75 Å². The van der Waals surface area contributed by atoms with Crippen molar-refractivity contribution in [2.45, 2.75) is 12.5 Å². The highest BCUT2D eigenvalue weighted by Crippen LogP contribution is 2.24. The predicted molar refractivity (Wildman–Crippen MR) is 75.5 cm³/mol. The van der Waals surface area contributed by atoms with Gasteiger partial charge in [0.15, 0.2) is 6.10 Å². The van der Waals surface area contributed by atoms with Crippen LogP contribution in [0.25, 0.3) is 0 Å². The lowest BCUT2D eigenvalue weighted by Gasteiger charge is -2.30. The molecule has 1 aliphatic heterocycles. The van der Waals surface area contributed by atoms with E-state index in [4.69, 9.17) is 26.2 Å². The van der Waals surface area contributed by atoms with Gasteiger partial charge in [-0.15, -0.1) is 0 Å². The predicted octanol–water partition coefficient (Wildman–Crippen LogP) is 1.56. The maximum atomic E-state index is 12.9. The van der Waals surface area contributed by atoms with Crippen LogP contribution in [0.1, 0.15) is 6.42 Å². The van der Waals surface area contributed by atoms with Crippen LogP contribution in [0, 0.1) is 5.82 Å². The highest BCUT2D eigenvalue weighted by molar-refractivity contribution is 6.32. The molecule has 1 aliphatic rings. The van der Waals surface area contributed by atoms with Crippen molar-refractivity contribution < 1.29 is 28.6 Å². The number of nitrogens with zero attached hydrogens (tertiary/aromatic N) is 1. The molecule has 1 unspecified atom stereocenters. The minimum Gasteiger partial charge on any atom is -0.491 e. The Kier molecular flexibility index (Phi) is 5.57. The molecule has 0 radical (unpaired) electrons. The van der Waals surface area contributed by atoms with Crippen LogP contribution in [0.15, 0.2) is 18.2 Å². The summed E-state index contributed by atoms with van der Waals surface area (Å²) in [7, 11) is 0. The molecular weight excluding hydrogens is 317 g/mol. The third-order valence-electron chi connectivity index (χ3n) is 3.16. The summed E-state index contributed by atoms with van der Waals surface area (Å²) in [5.41, 5.74) is 0. The number of ether oxygens (including phenoxy) is 2. The van der Waals surface area contributed by atoms with Crippen molar-refractivity contribution in [2.24, 2.45) is 0 Å². The molecule has 1 fully saturated rings. The van der Waals surface area contributed by atoms with Gasteiger partial charge in [-0.2, -0.15) is 0 Å². The third kappa shape index (κ3) is 4.32. The Hall–Kier alpha value is -1.86. The zero-order chi connectivity index (χ0) is 16.1. The number of rotatable bonds is 5. The fourth-order valence-electron chi connectivity index (χ4n) is 2.02. The van der Waals surface area contributed by atoms with Gasteiger partial charge in [0.2, 0.25) is 5.91 Å². The van der Waals surface area contributed by atoms with Gasteiger partial charge >= 0.3 is 5.97 Å². The Balaban J connectivity index is 1.81. The van der Waals surface area contributed by atoms with Crippen LogP contribution in [0.3, 0.4) is 0 Å². The van der Waals surface area contributed by atoms with Crippen LogP contribution in [0.2, 0.25) is 5.02 Å². The number of halogens is 2. The second-order valence-electron chi connectivity index (χ2n) is 4.71. The second-order valence-corrected chi connectivity index (χ2v) is 5.12. The first-order valence-electron chi connectivity index (χ1n) is 6.67. The van der Waals surface area contributed by atoms with Crippen LogP contribution in [-0.2, 0) is 14.3 Å². The van der Waals surface area contributed by atoms with E-state index in [1.54, 1.807) is 0 Å². The van der Waals surface area contributed by atoms with Gasteiger partial charge in [0.25, 0.3) is 0 Å². The Morgan fingerprint density at radius 2 is 2.27 bits per heavy atom. The van der Waals surface area contributed by atoms with E-state index in [1.807, 2.05) is 0 Å². The van der Waals surface area contributed by atoms with Gasteiger partial charge < -0.3 is 19.5 Å². The van der Waals surface area contributed by atoms with Crippen LogP contribution in [0.5, 0.6) is 5.75 Å². The van der Waals surface area contributed by atoms with Crippen molar-refractivity contribution in [3.63, 3.8) is 0 Å². The van der Waals surface area contributed by atoms with Crippen LogP contribution in [0.4, 0.5) is 4.39 Å². The zero-order valence-electron chi connectivity index (χ0n) is 11.6. The van der Waals surface area contributed by atoms with Crippen molar-refractivity contribution in [2.75, 3.05) is 26.3 Å². The Morgan fingerprint density at radius 3 is 2.95 bits per heavy atom. The highest BCUT2D eigenvalue weighted by Gasteiger charge is 2.28. The summed E-state index contributed by atoms with van der Waals surface area (Å²) in [6, 6.07) is 3.72. The van der Waals surface area contributed by atoms with Gasteiger partial charge in [0.1, 0.15) is 11.6 Å². The second kappa shape index (κ2) is 7.42. The van der Waals surface area contributed by atoms with Crippen molar-refractivity contribution >= 4 is 23.5 Å². The summed E-state index contributed by atoms with van der Waals surface area (Å²) in [6.45, 7) is 0.623. The first-order chi connectivity index (χ1) is 10.5. The van der Waals surface area contributed by atoms with Gasteiger partial charge in [-0.3, -0.25) is 4.79 Å². The first kappa shape index (κ1) is 16.5. The summed E-state index contributed by atoms with van der Waals surface area (Å²) in [4.78, 5) is 24.3. The van der Waals surface area contributed by atoms with E-state index in [-0.39, 0.29) is 37.1 Å². The minimum atomic E-state index is -1.09. The summed E-state index contributed by atoms with van der Waals surface area (Å²) >= 11 is 5.81. The molecule has 22 heavy (non-hydrogen) atoms. The van der Waals surface area contributed by atoms with E-state index in [2.05, 4.69) is 0 Å². The molecule has 6 nitrogen and oxygen atoms in total. The van der Waals surface area contributed by atoms with E-state index in [9.17, 15) is 14.0 Å². The van der Waals surface area contributed by atoms with Crippen LogP contribution < -0.4 is 4.74 Å². The summed E-state index contributed by atoms with van der Waals surface area (Å²) < 4.78 is 23.3. The summed E-state index contributed by atoms with van der Waals surface area (Å²) in [5.74, 6) is -1.50. The van der Waals surface area contributed by atoms with E-state index in [1.165, 1.54) is 17.0 Å². The molecule has 1 aromatic carbocycles. The molecule has 0 bridgehead atoms. The molecule has 1 saturated heterocycles. The molecule has 2 rings (SSSR count). The number of hydrogen-bond donors (Lipinski definition) is 1. The maximum Gasteiger partial charge on any atom is 0.334 e. The van der Waals surface area contributed by atoms with Gasteiger partial charge in [0.05, 0.1) is 31.2 Å². The molecule has 1 amide bonds. The molecule has 8 heteroatoms. The maximum absolute atomic E-state index is 12.9. The number of carboxylic acid groups (broad SMARTS) is 1. The fourth-order valence-corrected chi connectivity index (χ4v) is 2.25. The smallest absolute Gasteiger partial charge is 0.334 e. The molecule has 1 heterocycles. The minimum absolute atomic E-state index is 0.0193. The lowest BCUT2D eigenvalue weighted by molar-refractivity contribution is -0.159. The van der Waals surface area contributed by atoms with Gasteiger partial charge in [0, 0.05) is 6.54 Å². The fraction of sp³-hybridized carbons (Fsp3) is 0.429. The SMILES string of the molecule is O=C(O)C1CN(C(=O)CCOc2ccc(F)cc2Cl)CCO1. The number of benzene rings is 1. The number of morpholine rings is 1. The molecule has 0 spiro atoms. The number of amides is 1. The van der Waals surface area contributed by atoms with Crippen LogP contribution in [-0.4, -0.2) is 54.3 Å². The number of hydrogen-bond acceptors (Lipinski definition) is 4. The molecule has 0 saturated carbocycles. The monoisotopic (exact) mass is 331 g/mol. The third-order valence-corrected chi connectivity index (χ3v) is 3.46. The zero-order valence-corrected chi connectivity index (χ0v) is 12.4. The van der Waals surface area contributed by atoms with E-state index in [0.717, 1.165) is 6.07 Å². The molecule has 1 N–H and O–H groups in total. The van der Waals surface area contributed by atoms with Crippen molar-refractivity contribution in [3.05, 3.63) is 29.0 Å². The summed E-state index contributed by atoms with van der Waals surface area (Å²) in [6.07, 6.45) is -0.926. The van der Waals surface area contributed by atoms with Gasteiger partial charge in [-0.1, -0.05) is 11.6 Å². The van der Waals surface area contributed by atoms with Crippen molar-refractivity contribution in [1.29, 1.82) is 0 Å². The molecule has 0 aromatic heterocycles. The van der Waals surface area contributed by atoms with E-state index in [0.29, 0.717) is 12.3 Å². The number of carbonyl (C=O) groups excluding carboxylic acids is 1. The highest BCUT2D eigenvalue weighted by atomic mass is 35.5. The standard InChI is InChI=1S/C14H15ClFNO5/c15-10-7-9(16)1-2-11(10)21-5-3-13(18)17-4-6-22-12(8-17)14(19)20/h1-2,7,12H,3-6,8H2,(H,19,20). The molecule has 1 aromatic rings. The number of carbonyl (C=O) groups is 2. The van der Waals surface area contributed by atoms with Crippen LogP contribution >= 0.6 is 11.6 Å². The lowest BCUT2D eigenvalue weighted by atomic mass is 10.2. The molecule has 1 atom stereocenters. The normalized spacial score (nSPS) is 18.1. The Bertz CT molecular complexity index is 568. The van der Waals surface area contributed by atoms with Gasteiger partial charge in [-0.05, 0) is 18.2 Å². The average molecular weight is 332 g/mol. The Labute approximate surface area is 131 Å². The molecular formula is C14H15ClFNO5. The summed E-state index contributed by atoms with van der Waals surface area (Å²) in [5, 5.41) is 9.01. The quantitative estimate of drug-likeness (QED) is 0.886.